The highest BCUT2D eigenvalue weighted by Crippen LogP contribution is 2.27. The van der Waals surface area contributed by atoms with Crippen LogP contribution in [-0.2, 0) is 0 Å². The van der Waals surface area contributed by atoms with Crippen LogP contribution >= 0.6 is 12.4 Å². The zero-order chi connectivity index (χ0) is 8.48. The van der Waals surface area contributed by atoms with Gasteiger partial charge in [-0.2, -0.15) is 13.2 Å². The van der Waals surface area contributed by atoms with Crippen molar-refractivity contribution in [3.63, 3.8) is 0 Å². The molecule has 0 aromatic carbocycles. The number of halogens is 4. The van der Waals surface area contributed by atoms with Crippen LogP contribution in [0.2, 0.25) is 0 Å². The lowest BCUT2D eigenvalue weighted by Gasteiger charge is -2.30. The minimum absolute atomic E-state index is 0. The SMILES string of the molecule is C[C@@H]1CCC[C@H](C(F)(F)F)N1.Cl. The molecule has 0 bridgehead atoms. The summed E-state index contributed by atoms with van der Waals surface area (Å²) >= 11 is 0. The van der Waals surface area contributed by atoms with Gasteiger partial charge in [0.25, 0.3) is 0 Å². The predicted molar refractivity (Wildman–Crippen MR) is 43.5 cm³/mol. The van der Waals surface area contributed by atoms with Crippen LogP contribution in [0.15, 0.2) is 0 Å². The van der Waals surface area contributed by atoms with Crippen LogP contribution in [0, 0.1) is 0 Å². The van der Waals surface area contributed by atoms with Crippen molar-refractivity contribution in [3.05, 3.63) is 0 Å². The second kappa shape index (κ2) is 4.33. The average molecular weight is 204 g/mol. The molecular formula is C7H13ClF3N. The molecule has 1 aliphatic heterocycles. The van der Waals surface area contributed by atoms with Crippen LogP contribution in [-0.4, -0.2) is 18.3 Å². The number of piperidine rings is 1. The Labute approximate surface area is 76.1 Å². The van der Waals surface area contributed by atoms with Crippen molar-refractivity contribution >= 4 is 12.4 Å². The van der Waals surface area contributed by atoms with E-state index in [1.54, 1.807) is 6.92 Å². The molecule has 0 unspecified atom stereocenters. The maximum atomic E-state index is 12.1. The lowest BCUT2D eigenvalue weighted by molar-refractivity contribution is -0.162. The van der Waals surface area contributed by atoms with Crippen molar-refractivity contribution in [1.82, 2.24) is 5.32 Å². The fourth-order valence-electron chi connectivity index (χ4n) is 1.40. The molecule has 1 nitrogen and oxygen atoms in total. The molecule has 0 aliphatic carbocycles. The summed E-state index contributed by atoms with van der Waals surface area (Å²) in [5, 5.41) is 2.53. The molecular weight excluding hydrogens is 191 g/mol. The summed E-state index contributed by atoms with van der Waals surface area (Å²) in [7, 11) is 0. The fourth-order valence-corrected chi connectivity index (χ4v) is 1.40. The summed E-state index contributed by atoms with van der Waals surface area (Å²) in [6, 6.07) is -1.26. The first-order chi connectivity index (χ1) is 5.00. The molecule has 1 rings (SSSR count). The summed E-state index contributed by atoms with van der Waals surface area (Å²) in [6.45, 7) is 1.79. The van der Waals surface area contributed by atoms with E-state index in [-0.39, 0.29) is 24.9 Å². The zero-order valence-corrected chi connectivity index (χ0v) is 7.63. The Kier molecular flexibility index (Phi) is 4.34. The van der Waals surface area contributed by atoms with Gasteiger partial charge < -0.3 is 5.32 Å². The third kappa shape index (κ3) is 3.19. The Morgan fingerprint density at radius 1 is 1.25 bits per heavy atom. The van der Waals surface area contributed by atoms with E-state index in [4.69, 9.17) is 0 Å². The van der Waals surface area contributed by atoms with Gasteiger partial charge in [0.1, 0.15) is 6.04 Å². The van der Waals surface area contributed by atoms with Gasteiger partial charge in [-0.05, 0) is 19.8 Å². The Balaban J connectivity index is 0.00000121. The van der Waals surface area contributed by atoms with Crippen molar-refractivity contribution in [1.29, 1.82) is 0 Å². The van der Waals surface area contributed by atoms with Gasteiger partial charge in [0.05, 0.1) is 0 Å². The minimum atomic E-state index is -4.06. The van der Waals surface area contributed by atoms with Crippen LogP contribution in [0.25, 0.3) is 0 Å². The van der Waals surface area contributed by atoms with E-state index < -0.39 is 12.2 Å². The van der Waals surface area contributed by atoms with E-state index in [2.05, 4.69) is 5.32 Å². The number of hydrogen-bond donors (Lipinski definition) is 1. The zero-order valence-electron chi connectivity index (χ0n) is 6.82. The molecule has 1 saturated heterocycles. The normalized spacial score (nSPS) is 31.0. The molecule has 1 N–H and O–H groups in total. The van der Waals surface area contributed by atoms with Gasteiger partial charge in [0.15, 0.2) is 0 Å². The van der Waals surface area contributed by atoms with Crippen LogP contribution in [0.4, 0.5) is 13.2 Å². The van der Waals surface area contributed by atoms with Gasteiger partial charge in [-0.15, -0.1) is 12.4 Å². The van der Waals surface area contributed by atoms with Crippen LogP contribution in [0.3, 0.4) is 0 Å². The highest BCUT2D eigenvalue weighted by molar-refractivity contribution is 5.85. The third-order valence-electron chi connectivity index (χ3n) is 2.01. The number of hydrogen-bond acceptors (Lipinski definition) is 1. The molecule has 0 radical (unpaired) electrons. The van der Waals surface area contributed by atoms with E-state index in [1.165, 1.54) is 0 Å². The Morgan fingerprint density at radius 3 is 2.17 bits per heavy atom. The average Bonchev–Trinajstić information content (AvgIpc) is 1.86. The van der Waals surface area contributed by atoms with Crippen LogP contribution < -0.4 is 5.32 Å². The highest BCUT2D eigenvalue weighted by atomic mass is 35.5. The van der Waals surface area contributed by atoms with Gasteiger partial charge in [-0.25, -0.2) is 0 Å². The molecule has 0 aromatic heterocycles. The predicted octanol–water partition coefficient (Wildman–Crippen LogP) is 2.50. The molecule has 2 atom stereocenters. The van der Waals surface area contributed by atoms with Gasteiger partial charge >= 0.3 is 6.18 Å². The van der Waals surface area contributed by atoms with Crippen LogP contribution in [0.1, 0.15) is 26.2 Å². The van der Waals surface area contributed by atoms with Gasteiger partial charge in [-0.3, -0.25) is 0 Å². The molecule has 0 spiro atoms. The number of rotatable bonds is 0. The Bertz CT molecular complexity index is 137. The van der Waals surface area contributed by atoms with E-state index in [1.807, 2.05) is 0 Å². The van der Waals surface area contributed by atoms with E-state index in [0.717, 1.165) is 6.42 Å². The molecule has 0 aromatic rings. The monoisotopic (exact) mass is 203 g/mol. The molecule has 1 aliphatic rings. The molecule has 1 fully saturated rings. The van der Waals surface area contributed by atoms with Gasteiger partial charge in [-0.1, -0.05) is 6.42 Å². The first-order valence-electron chi connectivity index (χ1n) is 3.83. The summed E-state index contributed by atoms with van der Waals surface area (Å²) in [5.41, 5.74) is 0. The Hall–Kier alpha value is 0.0400. The maximum Gasteiger partial charge on any atom is 0.403 e. The lowest BCUT2D eigenvalue weighted by Crippen LogP contribution is -2.49. The van der Waals surface area contributed by atoms with Crippen molar-refractivity contribution in [2.75, 3.05) is 0 Å². The lowest BCUT2D eigenvalue weighted by atomic mass is 9.99. The molecule has 5 heteroatoms. The van der Waals surface area contributed by atoms with Crippen molar-refractivity contribution in [2.24, 2.45) is 0 Å². The van der Waals surface area contributed by atoms with Crippen LogP contribution in [0.5, 0.6) is 0 Å². The van der Waals surface area contributed by atoms with Crippen molar-refractivity contribution in [3.8, 4) is 0 Å². The van der Waals surface area contributed by atoms with Crippen molar-refractivity contribution in [2.45, 2.75) is 44.4 Å². The van der Waals surface area contributed by atoms with E-state index >= 15 is 0 Å². The maximum absolute atomic E-state index is 12.1. The quantitative estimate of drug-likeness (QED) is 0.638. The first-order valence-corrected chi connectivity index (χ1v) is 3.83. The van der Waals surface area contributed by atoms with Crippen molar-refractivity contribution < 1.29 is 13.2 Å². The summed E-state index contributed by atoms with van der Waals surface area (Å²) in [6.07, 6.45) is -2.30. The minimum Gasteiger partial charge on any atom is -0.304 e. The molecule has 1 heterocycles. The van der Waals surface area contributed by atoms with E-state index in [9.17, 15) is 13.2 Å². The van der Waals surface area contributed by atoms with Gasteiger partial charge in [0.2, 0.25) is 0 Å². The summed E-state index contributed by atoms with van der Waals surface area (Å²) in [4.78, 5) is 0. The third-order valence-corrected chi connectivity index (χ3v) is 2.01. The summed E-state index contributed by atoms with van der Waals surface area (Å²) in [5.74, 6) is 0. The number of nitrogens with one attached hydrogen (secondary N) is 1. The van der Waals surface area contributed by atoms with Gasteiger partial charge in [0, 0.05) is 6.04 Å². The summed E-state index contributed by atoms with van der Waals surface area (Å²) < 4.78 is 36.2. The molecule has 12 heavy (non-hydrogen) atoms. The smallest absolute Gasteiger partial charge is 0.304 e. The topological polar surface area (TPSA) is 12.0 Å². The number of alkyl halides is 3. The molecule has 0 amide bonds. The molecule has 74 valence electrons. The Morgan fingerprint density at radius 2 is 1.83 bits per heavy atom. The highest BCUT2D eigenvalue weighted by Gasteiger charge is 2.41. The van der Waals surface area contributed by atoms with E-state index in [0.29, 0.717) is 6.42 Å². The second-order valence-electron chi connectivity index (χ2n) is 3.09. The first kappa shape index (κ1) is 12.0. The fraction of sp³-hybridized carbons (Fsp3) is 1.00. The standard InChI is InChI=1S/C7H12F3N.ClH/c1-5-3-2-4-6(11-5)7(8,9)10;/h5-6,11H,2-4H2,1H3;1H/t5-,6-;/m1./s1. The second-order valence-corrected chi connectivity index (χ2v) is 3.09. The molecule has 0 saturated carbocycles. The largest absolute Gasteiger partial charge is 0.403 e.